The Bertz CT molecular complexity index is 523. The number of ether oxygens (including phenoxy) is 1. The zero-order valence-corrected chi connectivity index (χ0v) is 11.2. The topological polar surface area (TPSA) is 72.6 Å². The first-order chi connectivity index (χ1) is 9.63. The number of benzene rings is 1. The van der Waals surface area contributed by atoms with Gasteiger partial charge in [0.2, 0.25) is 0 Å². The molecule has 2 N–H and O–H groups in total. The van der Waals surface area contributed by atoms with E-state index in [4.69, 9.17) is 10.5 Å². The molecule has 0 unspecified atom stereocenters. The van der Waals surface area contributed by atoms with E-state index in [0.717, 1.165) is 11.8 Å². The summed E-state index contributed by atoms with van der Waals surface area (Å²) in [5.41, 5.74) is 5.93. The molecule has 0 atom stereocenters. The Morgan fingerprint density at radius 1 is 1.35 bits per heavy atom. The van der Waals surface area contributed by atoms with Crippen molar-refractivity contribution in [3.63, 3.8) is 0 Å². The molecule has 20 heavy (non-hydrogen) atoms. The van der Waals surface area contributed by atoms with Gasteiger partial charge in [0.1, 0.15) is 18.4 Å². The van der Waals surface area contributed by atoms with Crippen molar-refractivity contribution in [3.05, 3.63) is 35.9 Å². The van der Waals surface area contributed by atoms with Crippen LogP contribution in [-0.2, 0) is 16.1 Å². The van der Waals surface area contributed by atoms with Crippen molar-refractivity contribution in [2.24, 2.45) is 11.1 Å². The van der Waals surface area contributed by atoms with E-state index in [1.54, 1.807) is 4.90 Å². The average Bonchev–Trinajstić information content (AvgIpc) is 2.97. The molecule has 3 fully saturated rings. The predicted octanol–water partition coefficient (Wildman–Crippen LogP) is 1.32. The van der Waals surface area contributed by atoms with Gasteiger partial charge in [0.25, 0.3) is 0 Å². The summed E-state index contributed by atoms with van der Waals surface area (Å²) in [7, 11) is 0. The zero-order valence-electron chi connectivity index (χ0n) is 11.2. The van der Waals surface area contributed by atoms with Gasteiger partial charge in [-0.3, -0.25) is 4.90 Å². The second kappa shape index (κ2) is 4.59. The summed E-state index contributed by atoms with van der Waals surface area (Å²) in [6.07, 6.45) is 1.78. The van der Waals surface area contributed by atoms with Crippen molar-refractivity contribution in [2.75, 3.05) is 13.1 Å². The van der Waals surface area contributed by atoms with E-state index in [2.05, 4.69) is 0 Å². The molecule has 2 heterocycles. The number of nitrogens with two attached hydrogens (primary N) is 1. The number of carbonyl (C=O) groups is 2. The van der Waals surface area contributed by atoms with Crippen LogP contribution in [0.15, 0.2) is 30.3 Å². The number of nitrogens with zero attached hydrogens (tertiary/aromatic N) is 1. The molecular weight excluding hydrogens is 256 g/mol. The van der Waals surface area contributed by atoms with E-state index in [-0.39, 0.29) is 12.0 Å². The molecule has 1 aromatic carbocycles. The second-order valence-electron chi connectivity index (χ2n) is 5.91. The molecule has 3 aliphatic rings. The van der Waals surface area contributed by atoms with Crippen LogP contribution in [0.25, 0.3) is 0 Å². The minimum absolute atomic E-state index is 0.0767. The largest absolute Gasteiger partial charge is 0.445 e. The van der Waals surface area contributed by atoms with Crippen LogP contribution < -0.4 is 5.73 Å². The van der Waals surface area contributed by atoms with Gasteiger partial charge in [0, 0.05) is 12.0 Å². The van der Waals surface area contributed by atoms with E-state index in [1.165, 1.54) is 0 Å². The Morgan fingerprint density at radius 3 is 2.65 bits per heavy atom. The number of fused-ring (bicyclic) bond motifs is 1. The van der Waals surface area contributed by atoms with Crippen LogP contribution in [0, 0.1) is 5.41 Å². The molecule has 2 saturated heterocycles. The van der Waals surface area contributed by atoms with Crippen LogP contribution in [0.4, 0.5) is 4.79 Å². The van der Waals surface area contributed by atoms with E-state index in [1.807, 2.05) is 30.3 Å². The number of aldehydes is 1. The fourth-order valence-corrected chi connectivity index (χ4v) is 3.44. The normalized spacial score (nSPS) is 30.8. The molecule has 0 radical (unpaired) electrons. The SMILES string of the molecule is NCC12CN(C(=O)OCc3ccccc3)C(C=O)(C1)C2. The Morgan fingerprint density at radius 2 is 2.05 bits per heavy atom. The third-order valence-electron chi connectivity index (χ3n) is 4.47. The lowest BCUT2D eigenvalue weighted by atomic mass is 9.62. The molecule has 1 aliphatic carbocycles. The van der Waals surface area contributed by atoms with Crippen LogP contribution in [0.3, 0.4) is 0 Å². The van der Waals surface area contributed by atoms with Gasteiger partial charge in [-0.05, 0) is 24.9 Å². The zero-order chi connectivity index (χ0) is 14.2. The number of carbonyl (C=O) groups excluding carboxylic acids is 2. The van der Waals surface area contributed by atoms with Gasteiger partial charge in [-0.1, -0.05) is 30.3 Å². The van der Waals surface area contributed by atoms with Crippen molar-refractivity contribution in [2.45, 2.75) is 25.0 Å². The average molecular weight is 274 g/mol. The highest BCUT2D eigenvalue weighted by Gasteiger charge is 2.66. The van der Waals surface area contributed by atoms with E-state index in [0.29, 0.717) is 25.9 Å². The molecule has 1 saturated carbocycles. The van der Waals surface area contributed by atoms with Gasteiger partial charge in [0.15, 0.2) is 0 Å². The summed E-state index contributed by atoms with van der Waals surface area (Å²) in [6.45, 7) is 1.25. The standard InChI is InChI=1S/C15H18N2O3/c16-9-14-7-15(8-14,11-18)17(10-14)13(19)20-6-12-4-2-1-3-5-12/h1-5,11H,6-10,16H2. The summed E-state index contributed by atoms with van der Waals surface area (Å²) >= 11 is 0. The number of hydrogen-bond donors (Lipinski definition) is 1. The van der Waals surface area contributed by atoms with Crippen LogP contribution >= 0.6 is 0 Å². The highest BCUT2D eigenvalue weighted by molar-refractivity contribution is 5.80. The minimum Gasteiger partial charge on any atom is -0.445 e. The summed E-state index contributed by atoms with van der Waals surface area (Å²) in [5, 5.41) is 0. The fraction of sp³-hybridized carbons (Fsp3) is 0.467. The van der Waals surface area contributed by atoms with Crippen molar-refractivity contribution in [3.8, 4) is 0 Å². The highest BCUT2D eigenvalue weighted by atomic mass is 16.6. The van der Waals surface area contributed by atoms with Crippen molar-refractivity contribution >= 4 is 12.4 Å². The molecule has 2 aliphatic heterocycles. The second-order valence-corrected chi connectivity index (χ2v) is 5.91. The van der Waals surface area contributed by atoms with Gasteiger partial charge < -0.3 is 15.3 Å². The molecule has 4 rings (SSSR count). The first-order valence-electron chi connectivity index (χ1n) is 6.78. The lowest BCUT2D eigenvalue weighted by Gasteiger charge is -2.42. The first-order valence-corrected chi connectivity index (χ1v) is 6.78. The lowest BCUT2D eigenvalue weighted by molar-refractivity contribution is -0.120. The van der Waals surface area contributed by atoms with Crippen LogP contribution in [0.2, 0.25) is 0 Å². The summed E-state index contributed by atoms with van der Waals surface area (Å²) in [5.74, 6) is 0. The van der Waals surface area contributed by atoms with Crippen LogP contribution in [-0.4, -0.2) is 35.9 Å². The summed E-state index contributed by atoms with van der Waals surface area (Å²) in [4.78, 5) is 25.1. The van der Waals surface area contributed by atoms with Gasteiger partial charge in [-0.15, -0.1) is 0 Å². The predicted molar refractivity (Wildman–Crippen MR) is 72.8 cm³/mol. The Labute approximate surface area is 117 Å². The smallest absolute Gasteiger partial charge is 0.410 e. The maximum Gasteiger partial charge on any atom is 0.410 e. The summed E-state index contributed by atoms with van der Waals surface area (Å²) < 4.78 is 5.31. The van der Waals surface area contributed by atoms with Crippen LogP contribution in [0.5, 0.6) is 0 Å². The van der Waals surface area contributed by atoms with Crippen molar-refractivity contribution in [1.82, 2.24) is 4.90 Å². The third-order valence-corrected chi connectivity index (χ3v) is 4.47. The number of rotatable bonds is 4. The third kappa shape index (κ3) is 1.89. The monoisotopic (exact) mass is 274 g/mol. The Balaban J connectivity index is 1.65. The molecule has 5 nitrogen and oxygen atoms in total. The van der Waals surface area contributed by atoms with E-state index >= 15 is 0 Å². The van der Waals surface area contributed by atoms with E-state index in [9.17, 15) is 9.59 Å². The number of hydrogen-bond acceptors (Lipinski definition) is 4. The summed E-state index contributed by atoms with van der Waals surface area (Å²) in [6, 6.07) is 9.49. The van der Waals surface area contributed by atoms with Crippen LogP contribution in [0.1, 0.15) is 18.4 Å². The van der Waals surface area contributed by atoms with E-state index < -0.39 is 11.6 Å². The molecule has 1 amide bonds. The molecule has 0 spiro atoms. The Hall–Kier alpha value is -1.88. The number of amides is 1. The minimum atomic E-state index is -0.673. The quantitative estimate of drug-likeness (QED) is 0.840. The van der Waals surface area contributed by atoms with Gasteiger partial charge in [-0.2, -0.15) is 0 Å². The maximum atomic E-state index is 12.2. The molecule has 1 aromatic rings. The van der Waals surface area contributed by atoms with Gasteiger partial charge in [-0.25, -0.2) is 4.79 Å². The maximum absolute atomic E-state index is 12.2. The molecular formula is C15H18N2O3. The lowest BCUT2D eigenvalue weighted by Crippen LogP contribution is -2.53. The van der Waals surface area contributed by atoms with Gasteiger partial charge >= 0.3 is 6.09 Å². The van der Waals surface area contributed by atoms with Gasteiger partial charge in [0.05, 0.1) is 0 Å². The fourth-order valence-electron chi connectivity index (χ4n) is 3.44. The highest BCUT2D eigenvalue weighted by Crippen LogP contribution is 2.57. The van der Waals surface area contributed by atoms with Crippen molar-refractivity contribution in [1.29, 1.82) is 0 Å². The van der Waals surface area contributed by atoms with Crippen molar-refractivity contribution < 1.29 is 14.3 Å². The molecule has 5 heteroatoms. The Kier molecular flexibility index (Phi) is 3.01. The molecule has 2 bridgehead atoms. The molecule has 0 aromatic heterocycles. The first kappa shape index (κ1) is 13.1. The molecule has 106 valence electrons.